The van der Waals surface area contributed by atoms with Gasteiger partial charge in [-0.1, -0.05) is 0 Å². The summed E-state index contributed by atoms with van der Waals surface area (Å²) in [5.41, 5.74) is 0. The van der Waals surface area contributed by atoms with Crippen LogP contribution < -0.4 is 15.4 Å². The van der Waals surface area contributed by atoms with E-state index >= 15 is 0 Å². The van der Waals surface area contributed by atoms with E-state index in [0.717, 1.165) is 25.9 Å². The van der Waals surface area contributed by atoms with Gasteiger partial charge >= 0.3 is 0 Å². The van der Waals surface area contributed by atoms with E-state index in [0.29, 0.717) is 17.4 Å². The maximum absolute atomic E-state index is 11.9. The number of hydrogen-bond donors (Lipinski definition) is 2. The summed E-state index contributed by atoms with van der Waals surface area (Å²) in [6, 6.07) is 0. The first-order valence-electron chi connectivity index (χ1n) is 6.34. The van der Waals surface area contributed by atoms with E-state index in [1.54, 1.807) is 14.2 Å². The van der Waals surface area contributed by atoms with Gasteiger partial charge in [-0.05, 0) is 12.8 Å². The third kappa shape index (κ3) is 3.04. The lowest BCUT2D eigenvalue weighted by atomic mass is 10.4. The molecule has 1 aliphatic heterocycles. The predicted molar refractivity (Wildman–Crippen MR) is 72.4 cm³/mol. The van der Waals surface area contributed by atoms with Crippen LogP contribution in [0.1, 0.15) is 12.8 Å². The molecule has 0 bridgehead atoms. The lowest BCUT2D eigenvalue weighted by molar-refractivity contribution is -0.128. The number of anilines is 2. The van der Waals surface area contributed by atoms with Crippen LogP contribution in [0.4, 0.5) is 11.6 Å². The van der Waals surface area contributed by atoms with Gasteiger partial charge in [-0.2, -0.15) is 0 Å². The number of nitrogens with one attached hydrogen (secondary N) is 2. The Morgan fingerprint density at radius 1 is 1.37 bits per heavy atom. The first-order valence-corrected chi connectivity index (χ1v) is 6.34. The number of ether oxygens (including phenoxy) is 1. The molecule has 1 saturated heterocycles. The Labute approximate surface area is 112 Å². The van der Waals surface area contributed by atoms with Crippen molar-refractivity contribution in [1.82, 2.24) is 14.9 Å². The predicted octanol–water partition coefficient (Wildman–Crippen LogP) is 0.561. The third-order valence-corrected chi connectivity index (χ3v) is 3.11. The second-order valence-corrected chi connectivity index (χ2v) is 4.30. The van der Waals surface area contributed by atoms with Gasteiger partial charge in [0, 0.05) is 20.1 Å². The molecule has 0 radical (unpaired) electrons. The molecule has 19 heavy (non-hydrogen) atoms. The van der Waals surface area contributed by atoms with Gasteiger partial charge in [0.2, 0.25) is 11.7 Å². The number of rotatable bonds is 5. The molecule has 0 aromatic carbocycles. The van der Waals surface area contributed by atoms with Crippen LogP contribution in [0.3, 0.4) is 0 Å². The molecule has 104 valence electrons. The summed E-state index contributed by atoms with van der Waals surface area (Å²) < 4.78 is 5.25. The Balaban J connectivity index is 2.00. The zero-order valence-corrected chi connectivity index (χ0v) is 11.3. The van der Waals surface area contributed by atoms with Crippen LogP contribution in [-0.2, 0) is 4.79 Å². The van der Waals surface area contributed by atoms with Crippen LogP contribution in [0, 0.1) is 0 Å². The zero-order valence-electron chi connectivity index (χ0n) is 11.3. The van der Waals surface area contributed by atoms with E-state index in [1.165, 1.54) is 6.33 Å². The zero-order chi connectivity index (χ0) is 13.7. The topological polar surface area (TPSA) is 79.4 Å². The number of amides is 1. The molecule has 1 amide bonds. The van der Waals surface area contributed by atoms with Crippen molar-refractivity contribution in [2.75, 3.05) is 44.4 Å². The Morgan fingerprint density at radius 3 is 2.68 bits per heavy atom. The minimum atomic E-state index is 0.0872. The first-order chi connectivity index (χ1) is 9.26. The van der Waals surface area contributed by atoms with Crippen LogP contribution in [-0.4, -0.2) is 54.6 Å². The van der Waals surface area contributed by atoms with E-state index in [9.17, 15) is 4.79 Å². The van der Waals surface area contributed by atoms with E-state index < -0.39 is 0 Å². The quantitative estimate of drug-likeness (QED) is 0.810. The second-order valence-electron chi connectivity index (χ2n) is 4.30. The van der Waals surface area contributed by atoms with Gasteiger partial charge in [0.05, 0.1) is 13.7 Å². The Kier molecular flexibility index (Phi) is 4.38. The van der Waals surface area contributed by atoms with Gasteiger partial charge in [-0.15, -0.1) is 0 Å². The van der Waals surface area contributed by atoms with Crippen LogP contribution in [0.5, 0.6) is 5.75 Å². The molecule has 0 spiro atoms. The molecule has 1 aromatic heterocycles. The Hall–Kier alpha value is -2.05. The highest BCUT2D eigenvalue weighted by molar-refractivity contribution is 5.81. The molecule has 2 rings (SSSR count). The summed E-state index contributed by atoms with van der Waals surface area (Å²) >= 11 is 0. The SMILES string of the molecule is CNc1ncnc(NCC(=O)N2CCCC2)c1OC. The molecule has 0 saturated carbocycles. The molecule has 1 aromatic rings. The first kappa shape index (κ1) is 13.4. The molecule has 0 aliphatic carbocycles. The average molecular weight is 265 g/mol. The van der Waals surface area contributed by atoms with Crippen molar-refractivity contribution in [2.45, 2.75) is 12.8 Å². The van der Waals surface area contributed by atoms with Crippen molar-refractivity contribution in [2.24, 2.45) is 0 Å². The number of methoxy groups -OCH3 is 1. The van der Waals surface area contributed by atoms with Gasteiger partial charge in [-0.25, -0.2) is 9.97 Å². The fourth-order valence-corrected chi connectivity index (χ4v) is 2.11. The number of aromatic nitrogens is 2. The minimum absolute atomic E-state index is 0.0872. The number of nitrogens with zero attached hydrogens (tertiary/aromatic N) is 3. The Morgan fingerprint density at radius 2 is 2.05 bits per heavy atom. The molecule has 1 fully saturated rings. The van der Waals surface area contributed by atoms with Crippen molar-refractivity contribution in [1.29, 1.82) is 0 Å². The minimum Gasteiger partial charge on any atom is -0.490 e. The van der Waals surface area contributed by atoms with Crippen LogP contribution in [0.25, 0.3) is 0 Å². The van der Waals surface area contributed by atoms with E-state index in [1.807, 2.05) is 4.90 Å². The van der Waals surface area contributed by atoms with E-state index in [4.69, 9.17) is 4.74 Å². The summed E-state index contributed by atoms with van der Waals surface area (Å²) in [5, 5.41) is 5.93. The van der Waals surface area contributed by atoms with Crippen molar-refractivity contribution in [3.8, 4) is 5.75 Å². The monoisotopic (exact) mass is 265 g/mol. The fraction of sp³-hybridized carbons (Fsp3) is 0.583. The lowest BCUT2D eigenvalue weighted by Crippen LogP contribution is -2.33. The molecule has 7 nitrogen and oxygen atoms in total. The van der Waals surface area contributed by atoms with Gasteiger partial charge in [-0.3, -0.25) is 4.79 Å². The van der Waals surface area contributed by atoms with Gasteiger partial charge in [0.15, 0.2) is 11.6 Å². The van der Waals surface area contributed by atoms with Gasteiger partial charge in [0.25, 0.3) is 0 Å². The van der Waals surface area contributed by atoms with E-state index in [-0.39, 0.29) is 12.5 Å². The van der Waals surface area contributed by atoms with E-state index in [2.05, 4.69) is 20.6 Å². The fourth-order valence-electron chi connectivity index (χ4n) is 2.11. The van der Waals surface area contributed by atoms with Crippen LogP contribution in [0.15, 0.2) is 6.33 Å². The number of carbonyl (C=O) groups is 1. The molecule has 2 heterocycles. The average Bonchev–Trinajstić information content (AvgIpc) is 2.98. The van der Waals surface area contributed by atoms with Crippen molar-refractivity contribution in [3.63, 3.8) is 0 Å². The number of hydrogen-bond acceptors (Lipinski definition) is 6. The molecular weight excluding hydrogens is 246 g/mol. The van der Waals surface area contributed by atoms with Crippen LogP contribution in [0.2, 0.25) is 0 Å². The summed E-state index contributed by atoms with van der Waals surface area (Å²) in [6.07, 6.45) is 3.61. The summed E-state index contributed by atoms with van der Waals surface area (Å²) in [4.78, 5) is 21.9. The van der Waals surface area contributed by atoms with Crippen molar-refractivity contribution < 1.29 is 9.53 Å². The van der Waals surface area contributed by atoms with Gasteiger partial charge in [0.1, 0.15) is 6.33 Å². The third-order valence-electron chi connectivity index (χ3n) is 3.11. The largest absolute Gasteiger partial charge is 0.490 e. The van der Waals surface area contributed by atoms with Crippen molar-refractivity contribution >= 4 is 17.5 Å². The summed E-state index contributed by atoms with van der Waals surface area (Å²) in [7, 11) is 3.30. The van der Waals surface area contributed by atoms with Crippen molar-refractivity contribution in [3.05, 3.63) is 6.33 Å². The molecule has 2 N–H and O–H groups in total. The second kappa shape index (κ2) is 6.21. The highest BCUT2D eigenvalue weighted by Crippen LogP contribution is 2.28. The Bertz CT molecular complexity index is 446. The molecular formula is C12H19N5O2. The molecule has 0 atom stereocenters. The number of likely N-dealkylation sites (tertiary alicyclic amines) is 1. The van der Waals surface area contributed by atoms with Gasteiger partial charge < -0.3 is 20.3 Å². The molecule has 0 unspecified atom stereocenters. The standard InChI is InChI=1S/C12H19N5O2/c1-13-11-10(19-2)12(16-8-15-11)14-7-9(18)17-5-3-4-6-17/h8H,3-7H2,1-2H3,(H2,13,14,15,16). The molecule has 1 aliphatic rings. The lowest BCUT2D eigenvalue weighted by Gasteiger charge is -2.17. The highest BCUT2D eigenvalue weighted by atomic mass is 16.5. The normalized spacial score (nSPS) is 14.3. The highest BCUT2D eigenvalue weighted by Gasteiger charge is 2.18. The smallest absolute Gasteiger partial charge is 0.241 e. The number of carbonyl (C=O) groups excluding carboxylic acids is 1. The molecule has 7 heteroatoms. The summed E-state index contributed by atoms with van der Waals surface area (Å²) in [6.45, 7) is 1.92. The maximum Gasteiger partial charge on any atom is 0.241 e. The van der Waals surface area contributed by atoms with Crippen LogP contribution >= 0.6 is 0 Å². The summed E-state index contributed by atoms with van der Waals surface area (Å²) in [5.74, 6) is 1.71. The maximum atomic E-state index is 11.9.